The van der Waals surface area contributed by atoms with Crippen molar-refractivity contribution in [3.05, 3.63) is 65.7 Å². The van der Waals surface area contributed by atoms with Gasteiger partial charge in [0.2, 0.25) is 5.95 Å². The van der Waals surface area contributed by atoms with Gasteiger partial charge in [0, 0.05) is 18.0 Å². The Balaban J connectivity index is 1.80. The zero-order valence-corrected chi connectivity index (χ0v) is 12.9. The molecule has 7 nitrogen and oxygen atoms in total. The third-order valence-corrected chi connectivity index (χ3v) is 3.92. The van der Waals surface area contributed by atoms with Crippen LogP contribution in [0.4, 0.5) is 10.3 Å². The van der Waals surface area contributed by atoms with E-state index in [0.717, 1.165) is 5.56 Å². The normalized spacial score (nSPS) is 16.1. The number of fused-ring (bicyclic) bond motifs is 1. The van der Waals surface area contributed by atoms with E-state index in [0.29, 0.717) is 22.9 Å². The Morgan fingerprint density at radius 1 is 1.24 bits per heavy atom. The Kier molecular flexibility index (Phi) is 3.40. The molecule has 3 aromatic rings. The standard InChI is InChI=1S/C17H12FN7/c18-12-5-3-10(4-6-12)14-13(8-19)15(20)25-17(22-14)23-16(24-25)11-2-1-7-21-9-11/h1-7,9,14H,20H2,(H,22,23,24). The molecule has 122 valence electrons. The van der Waals surface area contributed by atoms with Crippen molar-refractivity contribution in [3.8, 4) is 17.5 Å². The Bertz CT molecular complexity index is 1000. The monoisotopic (exact) mass is 333 g/mol. The van der Waals surface area contributed by atoms with E-state index in [4.69, 9.17) is 5.73 Å². The van der Waals surface area contributed by atoms with E-state index in [2.05, 4.69) is 26.5 Å². The van der Waals surface area contributed by atoms with Gasteiger partial charge >= 0.3 is 0 Å². The number of hydrogen-bond acceptors (Lipinski definition) is 6. The number of nitrogens with zero attached hydrogens (tertiary/aromatic N) is 5. The lowest BCUT2D eigenvalue weighted by Gasteiger charge is -2.25. The number of aromatic nitrogens is 4. The Hall–Kier alpha value is -3.73. The van der Waals surface area contributed by atoms with E-state index in [9.17, 15) is 9.65 Å². The number of benzene rings is 1. The van der Waals surface area contributed by atoms with E-state index < -0.39 is 6.04 Å². The van der Waals surface area contributed by atoms with Gasteiger partial charge in [0.15, 0.2) is 5.82 Å². The van der Waals surface area contributed by atoms with Gasteiger partial charge in [-0.15, -0.1) is 5.10 Å². The van der Waals surface area contributed by atoms with Crippen molar-refractivity contribution in [2.75, 3.05) is 5.32 Å². The Morgan fingerprint density at radius 2 is 2.04 bits per heavy atom. The minimum Gasteiger partial charge on any atom is -0.383 e. The first-order valence-electron chi connectivity index (χ1n) is 7.47. The van der Waals surface area contributed by atoms with Gasteiger partial charge < -0.3 is 11.1 Å². The third kappa shape index (κ3) is 2.48. The number of rotatable bonds is 2. The lowest BCUT2D eigenvalue weighted by molar-refractivity contribution is 0.626. The summed E-state index contributed by atoms with van der Waals surface area (Å²) < 4.78 is 14.6. The van der Waals surface area contributed by atoms with Gasteiger partial charge in [-0.25, -0.2) is 4.39 Å². The van der Waals surface area contributed by atoms with Crippen molar-refractivity contribution in [2.24, 2.45) is 5.73 Å². The maximum atomic E-state index is 13.2. The maximum Gasteiger partial charge on any atom is 0.228 e. The van der Waals surface area contributed by atoms with Crippen molar-refractivity contribution in [3.63, 3.8) is 0 Å². The summed E-state index contributed by atoms with van der Waals surface area (Å²) in [5, 5.41) is 17.0. The van der Waals surface area contributed by atoms with Gasteiger partial charge in [-0.3, -0.25) is 4.98 Å². The summed E-state index contributed by atoms with van der Waals surface area (Å²) >= 11 is 0. The maximum absolute atomic E-state index is 13.2. The zero-order chi connectivity index (χ0) is 17.4. The first kappa shape index (κ1) is 14.8. The molecule has 3 heterocycles. The second kappa shape index (κ2) is 5.72. The Morgan fingerprint density at radius 3 is 2.72 bits per heavy atom. The fourth-order valence-electron chi connectivity index (χ4n) is 2.68. The summed E-state index contributed by atoms with van der Waals surface area (Å²) in [5.41, 5.74) is 7.87. The number of nitriles is 1. The molecule has 0 radical (unpaired) electrons. The van der Waals surface area contributed by atoms with Crippen LogP contribution in [0.25, 0.3) is 17.2 Å². The summed E-state index contributed by atoms with van der Waals surface area (Å²) in [6, 6.07) is 11.1. The van der Waals surface area contributed by atoms with Crippen LogP contribution < -0.4 is 11.1 Å². The SMILES string of the molecule is N#CC1=C(N)n2nc(-c3cccnc3)nc2NC1c1ccc(F)cc1. The number of anilines is 1. The van der Waals surface area contributed by atoms with Crippen molar-refractivity contribution >= 4 is 11.8 Å². The molecule has 2 aromatic heterocycles. The van der Waals surface area contributed by atoms with Crippen molar-refractivity contribution in [2.45, 2.75) is 6.04 Å². The summed E-state index contributed by atoms with van der Waals surface area (Å²) in [5.74, 6) is 0.686. The molecule has 0 spiro atoms. The summed E-state index contributed by atoms with van der Waals surface area (Å²) in [7, 11) is 0. The quantitative estimate of drug-likeness (QED) is 0.745. The van der Waals surface area contributed by atoms with Crippen LogP contribution >= 0.6 is 0 Å². The topological polar surface area (TPSA) is 105 Å². The molecule has 1 aliphatic heterocycles. The predicted molar refractivity (Wildman–Crippen MR) is 89.0 cm³/mol. The van der Waals surface area contributed by atoms with Crippen LogP contribution in [0, 0.1) is 17.1 Å². The minimum atomic E-state index is -0.524. The molecule has 1 aromatic carbocycles. The van der Waals surface area contributed by atoms with Gasteiger partial charge in [0.05, 0.1) is 11.6 Å². The average Bonchev–Trinajstić information content (AvgIpc) is 3.08. The molecule has 0 bridgehead atoms. The largest absolute Gasteiger partial charge is 0.383 e. The van der Waals surface area contributed by atoms with Crippen molar-refractivity contribution in [1.82, 2.24) is 19.7 Å². The molecule has 1 unspecified atom stereocenters. The van der Waals surface area contributed by atoms with Crippen LogP contribution in [0.3, 0.4) is 0 Å². The lowest BCUT2D eigenvalue weighted by atomic mass is 9.98. The second-order valence-corrected chi connectivity index (χ2v) is 5.45. The third-order valence-electron chi connectivity index (χ3n) is 3.92. The molecule has 0 saturated heterocycles. The molecule has 25 heavy (non-hydrogen) atoms. The van der Waals surface area contributed by atoms with Gasteiger partial charge in [-0.2, -0.15) is 14.9 Å². The molecule has 4 rings (SSSR count). The van der Waals surface area contributed by atoms with E-state index in [1.165, 1.54) is 16.8 Å². The fraction of sp³-hybridized carbons (Fsp3) is 0.0588. The van der Waals surface area contributed by atoms with Crippen LogP contribution in [0.1, 0.15) is 11.6 Å². The van der Waals surface area contributed by atoms with Crippen molar-refractivity contribution in [1.29, 1.82) is 5.26 Å². The highest BCUT2D eigenvalue weighted by molar-refractivity contribution is 5.67. The summed E-state index contributed by atoms with van der Waals surface area (Å²) in [6.07, 6.45) is 3.30. The van der Waals surface area contributed by atoms with Gasteiger partial charge in [0.25, 0.3) is 0 Å². The van der Waals surface area contributed by atoms with E-state index in [1.54, 1.807) is 30.6 Å². The molecule has 0 amide bonds. The average molecular weight is 333 g/mol. The van der Waals surface area contributed by atoms with Crippen molar-refractivity contribution < 1.29 is 4.39 Å². The second-order valence-electron chi connectivity index (χ2n) is 5.45. The van der Waals surface area contributed by atoms with Gasteiger partial charge in [-0.05, 0) is 29.8 Å². The van der Waals surface area contributed by atoms with E-state index in [-0.39, 0.29) is 11.6 Å². The lowest BCUT2D eigenvalue weighted by Crippen LogP contribution is -2.27. The molecule has 1 atom stereocenters. The Labute approximate surface area is 142 Å². The molecule has 3 N–H and O–H groups in total. The zero-order valence-electron chi connectivity index (χ0n) is 12.9. The first-order chi connectivity index (χ1) is 12.2. The van der Waals surface area contributed by atoms with Crippen LogP contribution in [0.5, 0.6) is 0 Å². The minimum absolute atomic E-state index is 0.188. The number of nitrogens with two attached hydrogens (primary N) is 1. The number of halogens is 1. The molecular formula is C17H12FN7. The molecule has 8 heteroatoms. The summed E-state index contributed by atoms with van der Waals surface area (Å²) in [6.45, 7) is 0. The summed E-state index contributed by atoms with van der Waals surface area (Å²) in [4.78, 5) is 8.48. The smallest absolute Gasteiger partial charge is 0.228 e. The molecule has 0 fully saturated rings. The number of nitrogens with one attached hydrogen (secondary N) is 1. The molecular weight excluding hydrogens is 321 g/mol. The highest BCUT2D eigenvalue weighted by Gasteiger charge is 2.29. The van der Waals surface area contributed by atoms with Crippen LogP contribution in [-0.4, -0.2) is 19.7 Å². The molecule has 1 aliphatic rings. The molecule has 0 saturated carbocycles. The highest BCUT2D eigenvalue weighted by Crippen LogP contribution is 2.33. The van der Waals surface area contributed by atoms with E-state index in [1.807, 2.05) is 6.07 Å². The van der Waals surface area contributed by atoms with Crippen LogP contribution in [0.2, 0.25) is 0 Å². The first-order valence-corrected chi connectivity index (χ1v) is 7.47. The van der Waals surface area contributed by atoms with Crippen LogP contribution in [-0.2, 0) is 0 Å². The van der Waals surface area contributed by atoms with Gasteiger partial charge in [0.1, 0.15) is 17.7 Å². The highest BCUT2D eigenvalue weighted by atomic mass is 19.1. The van der Waals surface area contributed by atoms with E-state index >= 15 is 0 Å². The molecule has 0 aliphatic carbocycles. The van der Waals surface area contributed by atoms with Crippen LogP contribution in [0.15, 0.2) is 54.4 Å². The number of pyridine rings is 1. The van der Waals surface area contributed by atoms with Gasteiger partial charge in [-0.1, -0.05) is 12.1 Å². The number of hydrogen-bond donors (Lipinski definition) is 2. The predicted octanol–water partition coefficient (Wildman–Crippen LogP) is 2.30. The fourth-order valence-corrected chi connectivity index (χ4v) is 2.68.